The maximum absolute atomic E-state index is 10.2. The van der Waals surface area contributed by atoms with Gasteiger partial charge in [0.25, 0.3) is 0 Å². The number of ether oxygens (including phenoxy) is 2. The van der Waals surface area contributed by atoms with E-state index >= 15 is 0 Å². The van der Waals surface area contributed by atoms with E-state index < -0.39 is 6.29 Å². The van der Waals surface area contributed by atoms with Gasteiger partial charge in [-0.25, -0.2) is 0 Å². The lowest BCUT2D eigenvalue weighted by atomic mass is 10.3. The lowest BCUT2D eigenvalue weighted by Gasteiger charge is -2.10. The number of hydrogen-bond donors (Lipinski definition) is 0. The number of hydrogen-bond acceptors (Lipinski definition) is 3. The number of carbonyl (C=O) groups excluding carboxylic acids is 1. The van der Waals surface area contributed by atoms with Crippen molar-refractivity contribution in [1.82, 2.24) is 0 Å². The largest absolute Gasteiger partial charge is 0.352 e. The first-order chi connectivity index (χ1) is 5.24. The quantitative estimate of drug-likeness (QED) is 0.342. The van der Waals surface area contributed by atoms with Gasteiger partial charge in [-0.3, -0.25) is 4.79 Å². The highest BCUT2D eigenvalue weighted by atomic mass is 16.7. The molecule has 1 unspecified atom stereocenters. The van der Waals surface area contributed by atoms with E-state index in [1.54, 1.807) is 13.0 Å². The zero-order valence-electron chi connectivity index (χ0n) is 7.16. The van der Waals surface area contributed by atoms with E-state index in [1.165, 1.54) is 7.11 Å². The molecule has 0 bridgehead atoms. The predicted octanol–water partition coefficient (Wildman–Crippen LogP) is 1.14. The van der Waals surface area contributed by atoms with Crippen LogP contribution < -0.4 is 0 Å². The molecule has 0 fully saturated rings. The highest BCUT2D eigenvalue weighted by molar-refractivity contribution is 5.72. The van der Waals surface area contributed by atoms with E-state index in [0.717, 1.165) is 6.29 Å². The molecule has 0 aromatic carbocycles. The van der Waals surface area contributed by atoms with E-state index in [0.29, 0.717) is 12.2 Å². The lowest BCUT2D eigenvalue weighted by Crippen LogP contribution is -2.12. The van der Waals surface area contributed by atoms with Crippen molar-refractivity contribution in [3.8, 4) is 0 Å². The van der Waals surface area contributed by atoms with Crippen LogP contribution in [0, 0.1) is 0 Å². The molecule has 0 aliphatic rings. The topological polar surface area (TPSA) is 35.5 Å². The maximum atomic E-state index is 10.2. The van der Waals surface area contributed by atoms with Crippen LogP contribution in [0.1, 0.15) is 13.8 Å². The summed E-state index contributed by atoms with van der Waals surface area (Å²) in [6.07, 6.45) is 2.01. The third kappa shape index (κ3) is 4.70. The van der Waals surface area contributed by atoms with Crippen molar-refractivity contribution < 1.29 is 14.3 Å². The van der Waals surface area contributed by atoms with Gasteiger partial charge in [0.05, 0.1) is 0 Å². The van der Waals surface area contributed by atoms with Crippen LogP contribution >= 0.6 is 0 Å². The minimum absolute atomic E-state index is 0.398. The summed E-state index contributed by atoms with van der Waals surface area (Å²) in [6.45, 7) is 4.15. The summed E-state index contributed by atoms with van der Waals surface area (Å²) in [4.78, 5) is 10.2. The van der Waals surface area contributed by atoms with Gasteiger partial charge in [0.2, 0.25) is 0 Å². The van der Waals surface area contributed by atoms with E-state index in [1.807, 2.05) is 6.92 Å². The first-order valence-electron chi connectivity index (χ1n) is 3.52. The summed E-state index contributed by atoms with van der Waals surface area (Å²) < 4.78 is 10.0. The number of allylic oxidation sites excluding steroid dienone is 1. The van der Waals surface area contributed by atoms with Crippen LogP contribution in [0.2, 0.25) is 0 Å². The maximum Gasteiger partial charge on any atom is 0.177 e. The second-order valence-electron chi connectivity index (χ2n) is 2.09. The number of methoxy groups -OCH3 is 1. The zero-order valence-corrected chi connectivity index (χ0v) is 7.16. The normalized spacial score (nSPS) is 14.6. The minimum atomic E-state index is -0.398. The van der Waals surface area contributed by atoms with Crippen LogP contribution in [0.4, 0.5) is 0 Å². The Kier molecular flexibility index (Phi) is 5.70. The van der Waals surface area contributed by atoms with Crippen LogP contribution in [0.5, 0.6) is 0 Å². The summed E-state index contributed by atoms with van der Waals surface area (Å²) in [5.41, 5.74) is 0.616. The van der Waals surface area contributed by atoms with Gasteiger partial charge in [-0.1, -0.05) is 0 Å². The van der Waals surface area contributed by atoms with E-state index in [-0.39, 0.29) is 0 Å². The van der Waals surface area contributed by atoms with Crippen LogP contribution in [-0.4, -0.2) is 26.3 Å². The molecule has 3 nitrogen and oxygen atoms in total. The second kappa shape index (κ2) is 6.07. The molecule has 0 aromatic heterocycles. The van der Waals surface area contributed by atoms with Gasteiger partial charge >= 0.3 is 0 Å². The van der Waals surface area contributed by atoms with Gasteiger partial charge in [-0.15, -0.1) is 0 Å². The van der Waals surface area contributed by atoms with Crippen molar-refractivity contribution in [3.63, 3.8) is 0 Å². The fourth-order valence-corrected chi connectivity index (χ4v) is 0.602. The molecule has 0 rings (SSSR count). The molecule has 0 heterocycles. The van der Waals surface area contributed by atoms with E-state index in [9.17, 15) is 4.79 Å². The average Bonchev–Trinajstić information content (AvgIpc) is 2.03. The molecule has 0 radical (unpaired) electrons. The van der Waals surface area contributed by atoms with E-state index in [4.69, 9.17) is 9.47 Å². The van der Waals surface area contributed by atoms with Gasteiger partial charge in [0.15, 0.2) is 6.29 Å². The molecule has 0 spiro atoms. The van der Waals surface area contributed by atoms with Gasteiger partial charge in [-0.2, -0.15) is 0 Å². The van der Waals surface area contributed by atoms with Gasteiger partial charge < -0.3 is 9.47 Å². The minimum Gasteiger partial charge on any atom is -0.352 e. The molecule has 0 N–H and O–H groups in total. The van der Waals surface area contributed by atoms with Crippen molar-refractivity contribution in [2.45, 2.75) is 20.1 Å². The Bertz CT molecular complexity index is 140. The van der Waals surface area contributed by atoms with Crippen LogP contribution in [0.25, 0.3) is 0 Å². The molecular weight excluding hydrogens is 144 g/mol. The number of rotatable bonds is 5. The molecule has 0 saturated heterocycles. The highest BCUT2D eigenvalue weighted by Gasteiger charge is 2.01. The number of aldehydes is 1. The Morgan fingerprint density at radius 3 is 2.64 bits per heavy atom. The fraction of sp³-hybridized carbons (Fsp3) is 0.625. The van der Waals surface area contributed by atoms with Crippen molar-refractivity contribution in [2.75, 3.05) is 13.7 Å². The highest BCUT2D eigenvalue weighted by Crippen LogP contribution is 1.98. The van der Waals surface area contributed by atoms with Gasteiger partial charge in [0, 0.05) is 13.7 Å². The lowest BCUT2D eigenvalue weighted by molar-refractivity contribution is -0.105. The molecule has 0 aliphatic heterocycles. The molecule has 64 valence electrons. The van der Waals surface area contributed by atoms with Crippen molar-refractivity contribution in [2.24, 2.45) is 0 Å². The Balaban J connectivity index is 3.93. The molecule has 0 amide bonds. The molecular formula is C8H14O3. The third-order valence-electron chi connectivity index (χ3n) is 1.15. The average molecular weight is 158 g/mol. The van der Waals surface area contributed by atoms with Crippen LogP contribution in [0.15, 0.2) is 11.6 Å². The first-order valence-corrected chi connectivity index (χ1v) is 3.52. The summed E-state index contributed by atoms with van der Waals surface area (Å²) >= 11 is 0. The van der Waals surface area contributed by atoms with E-state index in [2.05, 4.69) is 0 Å². The van der Waals surface area contributed by atoms with Crippen molar-refractivity contribution in [1.29, 1.82) is 0 Å². The molecule has 0 aromatic rings. The molecule has 1 atom stereocenters. The standard InChI is InChI=1S/C8H14O3/c1-4-11-8(10-3)5-7(2)6-9/h5-6,8H,4H2,1-3H3. The molecule has 11 heavy (non-hydrogen) atoms. The predicted molar refractivity (Wildman–Crippen MR) is 42.2 cm³/mol. The SMILES string of the molecule is CCOC(C=C(C)C=O)OC. The molecule has 0 aliphatic carbocycles. The first kappa shape index (κ1) is 10.3. The van der Waals surface area contributed by atoms with Gasteiger partial charge in [-0.05, 0) is 25.5 Å². The smallest absolute Gasteiger partial charge is 0.177 e. The van der Waals surface area contributed by atoms with Crippen LogP contribution in [0.3, 0.4) is 0 Å². The second-order valence-corrected chi connectivity index (χ2v) is 2.09. The van der Waals surface area contributed by atoms with Crippen molar-refractivity contribution >= 4 is 6.29 Å². The van der Waals surface area contributed by atoms with Crippen LogP contribution in [-0.2, 0) is 14.3 Å². The Labute approximate surface area is 67.0 Å². The van der Waals surface area contributed by atoms with Crippen molar-refractivity contribution in [3.05, 3.63) is 11.6 Å². The Morgan fingerprint density at radius 1 is 1.64 bits per heavy atom. The fourth-order valence-electron chi connectivity index (χ4n) is 0.602. The zero-order chi connectivity index (χ0) is 8.69. The summed E-state index contributed by atoms with van der Waals surface area (Å²) in [7, 11) is 1.54. The summed E-state index contributed by atoms with van der Waals surface area (Å²) in [5.74, 6) is 0. The molecule has 0 saturated carbocycles. The monoisotopic (exact) mass is 158 g/mol. The molecule has 3 heteroatoms. The Morgan fingerprint density at radius 2 is 2.27 bits per heavy atom. The number of carbonyl (C=O) groups is 1. The summed E-state index contributed by atoms with van der Waals surface area (Å²) in [5, 5.41) is 0. The Hall–Kier alpha value is -0.670. The van der Waals surface area contributed by atoms with Gasteiger partial charge in [0.1, 0.15) is 6.29 Å². The third-order valence-corrected chi connectivity index (χ3v) is 1.15. The summed E-state index contributed by atoms with van der Waals surface area (Å²) in [6, 6.07) is 0.